The van der Waals surface area contributed by atoms with Gasteiger partial charge >= 0.3 is 0 Å². The molecule has 0 heterocycles. The molecule has 1 fully saturated rings. The van der Waals surface area contributed by atoms with Crippen LogP contribution < -0.4 is 5.32 Å². The molecule has 0 atom stereocenters. The van der Waals surface area contributed by atoms with E-state index >= 15 is 0 Å². The van der Waals surface area contributed by atoms with Gasteiger partial charge in [0.25, 0.3) is 0 Å². The Kier molecular flexibility index (Phi) is 3.89. The highest BCUT2D eigenvalue weighted by Crippen LogP contribution is 2.34. The van der Waals surface area contributed by atoms with Crippen LogP contribution in [0.25, 0.3) is 0 Å². The van der Waals surface area contributed by atoms with E-state index in [1.165, 1.54) is 19.3 Å². The van der Waals surface area contributed by atoms with E-state index < -0.39 is 0 Å². The van der Waals surface area contributed by atoms with E-state index in [1.54, 1.807) is 24.3 Å². The summed E-state index contributed by atoms with van der Waals surface area (Å²) in [6.45, 7) is 0. The number of benzene rings is 2. The van der Waals surface area contributed by atoms with Crippen molar-refractivity contribution in [2.45, 2.75) is 38.1 Å². The molecular weight excluding hydrogens is 322 g/mol. The molecule has 0 saturated heterocycles. The van der Waals surface area contributed by atoms with Crippen molar-refractivity contribution in [2.75, 3.05) is 5.32 Å². The maximum atomic E-state index is 13.0. The second kappa shape index (κ2) is 6.06. The highest BCUT2D eigenvalue weighted by molar-refractivity contribution is 6.34. The molecule has 0 unspecified atom stereocenters. The van der Waals surface area contributed by atoms with E-state index in [2.05, 4.69) is 5.32 Å². The number of fused-ring (bicyclic) bond motifs is 2. The zero-order valence-corrected chi connectivity index (χ0v) is 14.0. The summed E-state index contributed by atoms with van der Waals surface area (Å²) >= 11 is 6.00. The van der Waals surface area contributed by atoms with Gasteiger partial charge in [-0.15, -0.1) is 0 Å². The number of anilines is 1. The monoisotopic (exact) mass is 339 g/mol. The van der Waals surface area contributed by atoms with Crippen molar-refractivity contribution in [3.63, 3.8) is 0 Å². The summed E-state index contributed by atoms with van der Waals surface area (Å²) in [5.74, 6) is -0.232. The molecule has 24 heavy (non-hydrogen) atoms. The van der Waals surface area contributed by atoms with Gasteiger partial charge in [-0.1, -0.05) is 43.0 Å². The quantitative estimate of drug-likeness (QED) is 0.725. The Hall–Kier alpha value is -2.13. The summed E-state index contributed by atoms with van der Waals surface area (Å²) < 4.78 is 0. The van der Waals surface area contributed by atoms with Crippen LogP contribution in [-0.4, -0.2) is 17.6 Å². The minimum atomic E-state index is -0.130. The van der Waals surface area contributed by atoms with Gasteiger partial charge in [0.1, 0.15) is 0 Å². The second-order valence-corrected chi connectivity index (χ2v) is 6.99. The van der Waals surface area contributed by atoms with Crippen molar-refractivity contribution in [3.05, 3.63) is 63.7 Å². The van der Waals surface area contributed by atoms with Gasteiger partial charge in [-0.05, 0) is 37.1 Å². The lowest BCUT2D eigenvalue weighted by Gasteiger charge is -2.27. The predicted octanol–water partition coefficient (Wildman–Crippen LogP) is 4.86. The van der Waals surface area contributed by atoms with Gasteiger partial charge in [0, 0.05) is 33.4 Å². The molecule has 0 bridgehead atoms. The van der Waals surface area contributed by atoms with E-state index in [0.29, 0.717) is 33.3 Å². The first-order valence-corrected chi connectivity index (χ1v) is 8.81. The summed E-state index contributed by atoms with van der Waals surface area (Å²) in [5.41, 5.74) is 2.58. The van der Waals surface area contributed by atoms with Gasteiger partial charge < -0.3 is 5.32 Å². The normalized spacial score (nSPS) is 17.4. The van der Waals surface area contributed by atoms with E-state index in [9.17, 15) is 9.59 Å². The maximum Gasteiger partial charge on any atom is 0.196 e. The summed E-state index contributed by atoms with van der Waals surface area (Å²) in [4.78, 5) is 25.8. The van der Waals surface area contributed by atoms with Gasteiger partial charge in [-0.2, -0.15) is 0 Å². The number of carbonyl (C=O) groups excluding carboxylic acids is 2. The zero-order valence-electron chi connectivity index (χ0n) is 13.3. The molecule has 1 N–H and O–H groups in total. The minimum absolute atomic E-state index is 0.102. The molecule has 2 aliphatic rings. The van der Waals surface area contributed by atoms with Crippen LogP contribution in [0.15, 0.2) is 36.4 Å². The highest BCUT2D eigenvalue weighted by Gasteiger charge is 2.32. The zero-order chi connectivity index (χ0) is 16.7. The molecule has 2 aliphatic carbocycles. The molecule has 2 aromatic carbocycles. The molecular formula is C20H18ClNO2. The number of hydrogen-bond acceptors (Lipinski definition) is 3. The predicted molar refractivity (Wildman–Crippen MR) is 95.3 cm³/mol. The fourth-order valence-corrected chi connectivity index (χ4v) is 3.93. The first-order chi connectivity index (χ1) is 11.6. The third kappa shape index (κ3) is 2.53. The molecule has 122 valence electrons. The number of ketones is 2. The van der Waals surface area contributed by atoms with Gasteiger partial charge in [-0.3, -0.25) is 9.59 Å². The van der Waals surface area contributed by atoms with Crippen LogP contribution in [0.2, 0.25) is 5.02 Å². The van der Waals surface area contributed by atoms with Gasteiger partial charge in [0.2, 0.25) is 0 Å². The third-order valence-electron chi connectivity index (χ3n) is 4.97. The van der Waals surface area contributed by atoms with Crippen LogP contribution in [0.1, 0.15) is 63.9 Å². The fourth-order valence-electron chi connectivity index (χ4n) is 3.76. The van der Waals surface area contributed by atoms with Crippen molar-refractivity contribution in [1.82, 2.24) is 0 Å². The van der Waals surface area contributed by atoms with Crippen LogP contribution in [-0.2, 0) is 0 Å². The number of carbonyl (C=O) groups is 2. The fraction of sp³-hybridized carbons (Fsp3) is 0.300. The molecule has 0 spiro atoms. The van der Waals surface area contributed by atoms with Crippen LogP contribution in [0.5, 0.6) is 0 Å². The first-order valence-electron chi connectivity index (χ1n) is 8.43. The Morgan fingerprint density at radius 3 is 2.46 bits per heavy atom. The molecule has 0 aliphatic heterocycles. The van der Waals surface area contributed by atoms with Crippen molar-refractivity contribution in [2.24, 2.45) is 0 Å². The van der Waals surface area contributed by atoms with E-state index in [-0.39, 0.29) is 11.6 Å². The molecule has 4 heteroatoms. The summed E-state index contributed by atoms with van der Waals surface area (Å²) in [6.07, 6.45) is 5.91. The van der Waals surface area contributed by atoms with E-state index in [4.69, 9.17) is 11.6 Å². The molecule has 0 radical (unpaired) electrons. The lowest BCUT2D eigenvalue weighted by molar-refractivity contribution is 0.0979. The Labute approximate surface area is 146 Å². The number of halogens is 1. The van der Waals surface area contributed by atoms with Crippen LogP contribution >= 0.6 is 11.6 Å². The van der Waals surface area contributed by atoms with Crippen LogP contribution in [0.3, 0.4) is 0 Å². The molecule has 3 nitrogen and oxygen atoms in total. The van der Waals surface area contributed by atoms with Gasteiger partial charge in [0.15, 0.2) is 11.6 Å². The van der Waals surface area contributed by atoms with E-state index in [1.807, 2.05) is 12.1 Å². The van der Waals surface area contributed by atoms with Gasteiger partial charge in [0.05, 0.1) is 5.56 Å². The third-order valence-corrected chi connectivity index (χ3v) is 5.21. The maximum absolute atomic E-state index is 13.0. The molecule has 1 saturated carbocycles. The Bertz CT molecular complexity index is 838. The lowest BCUT2D eigenvalue weighted by Crippen LogP contribution is -2.27. The lowest BCUT2D eigenvalue weighted by atomic mass is 9.83. The smallest absolute Gasteiger partial charge is 0.196 e. The largest absolute Gasteiger partial charge is 0.382 e. The standard InChI is InChI=1S/C20H18ClNO2/c21-12-9-10-14-16(11-12)19(23)15-7-4-8-17(18(15)20(14)24)22-13-5-2-1-3-6-13/h4,7-11,13,22H,1-3,5-6H2. The average Bonchev–Trinajstić information content (AvgIpc) is 2.60. The number of rotatable bonds is 2. The van der Waals surface area contributed by atoms with Crippen molar-refractivity contribution in [1.29, 1.82) is 0 Å². The Balaban J connectivity index is 1.77. The SMILES string of the molecule is O=C1c2cc(Cl)ccc2C(=O)c2c(NC3CCCCC3)cccc21. The second-order valence-electron chi connectivity index (χ2n) is 6.56. The van der Waals surface area contributed by atoms with Crippen molar-refractivity contribution < 1.29 is 9.59 Å². The first kappa shape index (κ1) is 15.4. The number of nitrogens with one attached hydrogen (secondary N) is 1. The van der Waals surface area contributed by atoms with Gasteiger partial charge in [-0.25, -0.2) is 0 Å². The van der Waals surface area contributed by atoms with E-state index in [0.717, 1.165) is 18.5 Å². The average molecular weight is 340 g/mol. The van der Waals surface area contributed by atoms with Crippen molar-refractivity contribution in [3.8, 4) is 0 Å². The minimum Gasteiger partial charge on any atom is -0.382 e. The highest BCUT2D eigenvalue weighted by atomic mass is 35.5. The molecule has 0 amide bonds. The van der Waals surface area contributed by atoms with Crippen LogP contribution in [0.4, 0.5) is 5.69 Å². The topological polar surface area (TPSA) is 46.2 Å². The molecule has 0 aromatic heterocycles. The van der Waals surface area contributed by atoms with Crippen molar-refractivity contribution >= 4 is 28.9 Å². The number of hydrogen-bond donors (Lipinski definition) is 1. The molecule has 4 rings (SSSR count). The Morgan fingerprint density at radius 1 is 0.875 bits per heavy atom. The molecule has 2 aromatic rings. The summed E-state index contributed by atoms with van der Waals surface area (Å²) in [6, 6.07) is 10.7. The Morgan fingerprint density at radius 2 is 1.67 bits per heavy atom. The van der Waals surface area contributed by atoms with Crippen LogP contribution in [0, 0.1) is 0 Å². The summed E-state index contributed by atoms with van der Waals surface area (Å²) in [7, 11) is 0. The summed E-state index contributed by atoms with van der Waals surface area (Å²) in [5, 5.41) is 3.97.